The first-order chi connectivity index (χ1) is 8.19. The van der Waals surface area contributed by atoms with Gasteiger partial charge in [0.05, 0.1) is 12.8 Å². The molecule has 1 heterocycles. The molecule has 0 saturated carbocycles. The lowest BCUT2D eigenvalue weighted by atomic mass is 10.3. The standard InChI is InChI=1S/C13H14FNOS/c1-9-3-5-11(17-9)8-15-13-7-10(16-2)4-6-12(13)14/h3-7,15H,8H2,1-2H3. The molecule has 0 bridgehead atoms. The van der Waals surface area contributed by atoms with E-state index in [1.165, 1.54) is 15.8 Å². The number of rotatable bonds is 4. The third kappa shape index (κ3) is 2.97. The first kappa shape index (κ1) is 11.9. The molecule has 0 aliphatic carbocycles. The van der Waals surface area contributed by atoms with Gasteiger partial charge in [0.25, 0.3) is 0 Å². The maximum absolute atomic E-state index is 13.5. The number of benzene rings is 1. The van der Waals surface area contributed by atoms with Crippen LogP contribution in [0.2, 0.25) is 0 Å². The van der Waals surface area contributed by atoms with Crippen molar-refractivity contribution < 1.29 is 9.13 Å². The predicted octanol–water partition coefficient (Wildman–Crippen LogP) is 3.82. The SMILES string of the molecule is COc1ccc(F)c(NCc2ccc(C)s2)c1. The largest absolute Gasteiger partial charge is 0.497 e. The van der Waals surface area contributed by atoms with Crippen molar-refractivity contribution in [3.05, 3.63) is 45.9 Å². The molecule has 1 N–H and O–H groups in total. The number of aryl methyl sites for hydroxylation is 1. The molecule has 0 aliphatic rings. The van der Waals surface area contributed by atoms with Gasteiger partial charge in [-0.05, 0) is 31.2 Å². The zero-order chi connectivity index (χ0) is 12.3. The van der Waals surface area contributed by atoms with Gasteiger partial charge in [0, 0.05) is 22.4 Å². The molecule has 0 fully saturated rings. The van der Waals surface area contributed by atoms with Crippen molar-refractivity contribution in [1.29, 1.82) is 0 Å². The molecule has 0 atom stereocenters. The summed E-state index contributed by atoms with van der Waals surface area (Å²) in [6.45, 7) is 2.68. The van der Waals surface area contributed by atoms with Crippen molar-refractivity contribution in [1.82, 2.24) is 0 Å². The summed E-state index contributed by atoms with van der Waals surface area (Å²) in [6.07, 6.45) is 0. The van der Waals surface area contributed by atoms with Gasteiger partial charge in [0.1, 0.15) is 11.6 Å². The summed E-state index contributed by atoms with van der Waals surface area (Å²) in [7, 11) is 1.57. The molecule has 1 aromatic carbocycles. The van der Waals surface area contributed by atoms with Gasteiger partial charge in [0.2, 0.25) is 0 Å². The summed E-state index contributed by atoms with van der Waals surface area (Å²) in [6, 6.07) is 8.78. The van der Waals surface area contributed by atoms with Crippen LogP contribution in [-0.2, 0) is 6.54 Å². The van der Waals surface area contributed by atoms with Crippen LogP contribution < -0.4 is 10.1 Å². The van der Waals surface area contributed by atoms with Gasteiger partial charge in [0.15, 0.2) is 0 Å². The Morgan fingerprint density at radius 3 is 2.76 bits per heavy atom. The monoisotopic (exact) mass is 251 g/mol. The number of halogens is 1. The molecule has 1 aromatic heterocycles. The fourth-order valence-corrected chi connectivity index (χ4v) is 2.36. The Hall–Kier alpha value is -1.55. The summed E-state index contributed by atoms with van der Waals surface area (Å²) in [5, 5.41) is 3.07. The van der Waals surface area contributed by atoms with Crippen molar-refractivity contribution >= 4 is 17.0 Å². The van der Waals surface area contributed by atoms with E-state index in [9.17, 15) is 4.39 Å². The van der Waals surface area contributed by atoms with Gasteiger partial charge >= 0.3 is 0 Å². The van der Waals surface area contributed by atoms with Crippen LogP contribution in [0.15, 0.2) is 30.3 Å². The van der Waals surface area contributed by atoms with E-state index in [1.54, 1.807) is 30.6 Å². The number of hydrogen-bond donors (Lipinski definition) is 1. The fourth-order valence-electron chi connectivity index (χ4n) is 1.53. The summed E-state index contributed by atoms with van der Waals surface area (Å²) in [4.78, 5) is 2.44. The van der Waals surface area contributed by atoms with Crippen molar-refractivity contribution in [2.45, 2.75) is 13.5 Å². The van der Waals surface area contributed by atoms with Crippen LogP contribution in [0.3, 0.4) is 0 Å². The van der Waals surface area contributed by atoms with Gasteiger partial charge in [-0.15, -0.1) is 11.3 Å². The van der Waals surface area contributed by atoms with Crippen LogP contribution in [-0.4, -0.2) is 7.11 Å². The van der Waals surface area contributed by atoms with Gasteiger partial charge in [-0.3, -0.25) is 0 Å². The van der Waals surface area contributed by atoms with E-state index in [-0.39, 0.29) is 5.82 Å². The highest BCUT2D eigenvalue weighted by Gasteiger charge is 2.04. The van der Waals surface area contributed by atoms with E-state index in [0.717, 1.165) is 0 Å². The molecule has 17 heavy (non-hydrogen) atoms. The first-order valence-electron chi connectivity index (χ1n) is 5.32. The van der Waals surface area contributed by atoms with Gasteiger partial charge in [-0.1, -0.05) is 0 Å². The van der Waals surface area contributed by atoms with Crippen LogP contribution in [0, 0.1) is 12.7 Å². The van der Waals surface area contributed by atoms with Crippen molar-refractivity contribution in [2.24, 2.45) is 0 Å². The topological polar surface area (TPSA) is 21.3 Å². The Morgan fingerprint density at radius 1 is 1.29 bits per heavy atom. The van der Waals surface area contributed by atoms with E-state index in [2.05, 4.69) is 18.3 Å². The molecule has 2 nitrogen and oxygen atoms in total. The lowest BCUT2D eigenvalue weighted by Gasteiger charge is -2.08. The lowest BCUT2D eigenvalue weighted by Crippen LogP contribution is -2.00. The second kappa shape index (κ2) is 5.19. The predicted molar refractivity (Wildman–Crippen MR) is 69.3 cm³/mol. The fraction of sp³-hybridized carbons (Fsp3) is 0.231. The highest BCUT2D eigenvalue weighted by atomic mass is 32.1. The highest BCUT2D eigenvalue weighted by Crippen LogP contribution is 2.23. The van der Waals surface area contributed by atoms with Crippen molar-refractivity contribution in [3.8, 4) is 5.75 Å². The number of ether oxygens (including phenoxy) is 1. The summed E-state index contributed by atoms with van der Waals surface area (Å²) >= 11 is 1.71. The van der Waals surface area contributed by atoms with Crippen LogP contribution in [0.25, 0.3) is 0 Å². The molecule has 2 rings (SSSR count). The van der Waals surface area contributed by atoms with E-state index in [1.807, 2.05) is 6.07 Å². The molecule has 0 aliphatic heterocycles. The zero-order valence-corrected chi connectivity index (χ0v) is 10.6. The molecule has 0 spiro atoms. The lowest BCUT2D eigenvalue weighted by molar-refractivity contribution is 0.414. The Kier molecular flexibility index (Phi) is 3.64. The van der Waals surface area contributed by atoms with Gasteiger partial charge in [-0.2, -0.15) is 0 Å². The van der Waals surface area contributed by atoms with Crippen molar-refractivity contribution in [2.75, 3.05) is 12.4 Å². The third-order valence-corrected chi connectivity index (χ3v) is 3.42. The van der Waals surface area contributed by atoms with Crippen LogP contribution in [0.5, 0.6) is 5.75 Å². The minimum atomic E-state index is -0.265. The van der Waals surface area contributed by atoms with E-state index < -0.39 is 0 Å². The minimum Gasteiger partial charge on any atom is -0.497 e. The van der Waals surface area contributed by atoms with Crippen LogP contribution in [0.4, 0.5) is 10.1 Å². The average molecular weight is 251 g/mol. The molecule has 2 aromatic rings. The Bertz CT molecular complexity index is 510. The maximum Gasteiger partial charge on any atom is 0.146 e. The Labute approximate surface area is 104 Å². The number of hydrogen-bond acceptors (Lipinski definition) is 3. The van der Waals surface area contributed by atoms with E-state index in [0.29, 0.717) is 18.0 Å². The normalized spacial score (nSPS) is 10.3. The second-order valence-corrected chi connectivity index (χ2v) is 5.08. The number of methoxy groups -OCH3 is 1. The smallest absolute Gasteiger partial charge is 0.146 e. The first-order valence-corrected chi connectivity index (χ1v) is 6.13. The quantitative estimate of drug-likeness (QED) is 0.892. The van der Waals surface area contributed by atoms with E-state index in [4.69, 9.17) is 4.74 Å². The van der Waals surface area contributed by atoms with E-state index >= 15 is 0 Å². The average Bonchev–Trinajstić information content (AvgIpc) is 2.74. The molecule has 90 valence electrons. The van der Waals surface area contributed by atoms with Crippen molar-refractivity contribution in [3.63, 3.8) is 0 Å². The zero-order valence-electron chi connectivity index (χ0n) is 9.79. The third-order valence-electron chi connectivity index (χ3n) is 2.42. The molecule has 0 unspecified atom stereocenters. The number of thiophene rings is 1. The highest BCUT2D eigenvalue weighted by molar-refractivity contribution is 7.11. The Balaban J connectivity index is 2.07. The Morgan fingerprint density at radius 2 is 2.12 bits per heavy atom. The molecule has 0 amide bonds. The molecular formula is C13H14FNOS. The van der Waals surface area contributed by atoms with Crippen LogP contribution in [0.1, 0.15) is 9.75 Å². The molecule has 0 radical (unpaired) electrons. The maximum atomic E-state index is 13.5. The summed E-state index contributed by atoms with van der Waals surface area (Å²) in [5.74, 6) is 0.385. The minimum absolute atomic E-state index is 0.265. The summed E-state index contributed by atoms with van der Waals surface area (Å²) in [5.41, 5.74) is 0.468. The number of anilines is 1. The summed E-state index contributed by atoms with van der Waals surface area (Å²) < 4.78 is 18.6. The molecule has 4 heteroatoms. The van der Waals surface area contributed by atoms with Crippen LogP contribution >= 0.6 is 11.3 Å². The number of nitrogens with one attached hydrogen (secondary N) is 1. The van der Waals surface area contributed by atoms with Gasteiger partial charge in [-0.25, -0.2) is 4.39 Å². The second-order valence-electron chi connectivity index (χ2n) is 3.71. The molecule has 0 saturated heterocycles. The van der Waals surface area contributed by atoms with Gasteiger partial charge < -0.3 is 10.1 Å². The molecular weight excluding hydrogens is 237 g/mol.